The zero-order valence-electron chi connectivity index (χ0n) is 24.8. The lowest BCUT2D eigenvalue weighted by Crippen LogP contribution is -2.64. The van der Waals surface area contributed by atoms with Crippen LogP contribution in [0, 0.1) is 28.6 Å². The van der Waals surface area contributed by atoms with E-state index in [1.807, 2.05) is 54.7 Å². The fourth-order valence-corrected chi connectivity index (χ4v) is 7.11. The molecule has 3 aromatic rings. The number of carbonyl (C=O) groups is 2. The number of hydrogen-bond donors (Lipinski definition) is 1. The Labute approximate surface area is 252 Å². The monoisotopic (exact) mass is 585 g/mol. The molecule has 0 amide bonds. The number of rotatable bonds is 11. The van der Waals surface area contributed by atoms with Crippen LogP contribution in [0.5, 0.6) is 5.75 Å². The molecule has 1 aliphatic heterocycles. The first kappa shape index (κ1) is 30.3. The maximum atomic E-state index is 13.9. The molecule has 9 nitrogen and oxygen atoms in total. The minimum Gasteiger partial charge on any atom is -0.496 e. The molecule has 2 fully saturated rings. The number of ether oxygens (including phenoxy) is 4. The number of fused-ring (bicyclic) bond motifs is 2. The number of piperidine rings is 1. The van der Waals surface area contributed by atoms with Gasteiger partial charge in [0.1, 0.15) is 12.4 Å². The van der Waals surface area contributed by atoms with Gasteiger partial charge in [-0.15, -0.1) is 0 Å². The number of aromatic amines is 1. The number of esters is 2. The van der Waals surface area contributed by atoms with Crippen molar-refractivity contribution in [3.8, 4) is 11.8 Å². The summed E-state index contributed by atoms with van der Waals surface area (Å²) < 4.78 is 22.9. The van der Waals surface area contributed by atoms with E-state index in [1.165, 1.54) is 13.2 Å². The zero-order chi connectivity index (χ0) is 30.4. The third-order valence-electron chi connectivity index (χ3n) is 9.12. The van der Waals surface area contributed by atoms with Crippen LogP contribution in [-0.4, -0.2) is 67.9 Å². The first-order valence-corrected chi connectivity index (χ1v) is 14.8. The Morgan fingerprint density at radius 3 is 2.67 bits per heavy atom. The van der Waals surface area contributed by atoms with Gasteiger partial charge in [-0.3, -0.25) is 14.5 Å². The predicted octanol–water partition coefficient (Wildman–Crippen LogP) is 4.82. The normalized spacial score (nSPS) is 25.3. The topological polar surface area (TPSA) is 114 Å². The molecule has 0 radical (unpaired) electrons. The van der Waals surface area contributed by atoms with Crippen molar-refractivity contribution in [2.45, 2.75) is 44.4 Å². The van der Waals surface area contributed by atoms with E-state index in [2.05, 4.69) is 22.5 Å². The number of methoxy groups -OCH3 is 2. The van der Waals surface area contributed by atoms with E-state index in [4.69, 9.17) is 18.9 Å². The molecule has 2 aliphatic rings. The van der Waals surface area contributed by atoms with E-state index in [0.717, 1.165) is 34.2 Å². The number of H-pyrrole nitrogens is 1. The number of nitrogens with one attached hydrogen (secondary N) is 1. The number of likely N-dealkylation sites (tertiary alicyclic amines) is 1. The Morgan fingerprint density at radius 1 is 1.14 bits per heavy atom. The average Bonchev–Trinajstić information content (AvgIpc) is 3.47. The molecular formula is C34H39N3O6. The fourth-order valence-electron chi connectivity index (χ4n) is 7.11. The van der Waals surface area contributed by atoms with Crippen LogP contribution >= 0.6 is 0 Å². The largest absolute Gasteiger partial charge is 0.496 e. The van der Waals surface area contributed by atoms with E-state index in [0.29, 0.717) is 32.4 Å². The molecule has 2 heterocycles. The standard InChI is InChI=1S/C34H39N3O6/c1-4-17-42-33(39)34(32(38)41-3)27-18-26(19-35)37(16-15-24-20-36-28-11-8-12-29(40-2)31(24)28)21-25(27)13-14-30(34)43-22-23-9-6-5-7-10-23/h4-12,20,25-27,30,36H,1,13-18,21-22H2,2-3H3. The summed E-state index contributed by atoms with van der Waals surface area (Å²) in [7, 11) is 2.95. The van der Waals surface area contributed by atoms with E-state index in [1.54, 1.807) is 7.11 Å². The number of aromatic nitrogens is 1. The lowest BCUT2D eigenvalue weighted by Gasteiger charge is -2.53. The van der Waals surface area contributed by atoms with E-state index in [-0.39, 0.29) is 19.1 Å². The van der Waals surface area contributed by atoms with Crippen molar-refractivity contribution >= 4 is 22.8 Å². The van der Waals surface area contributed by atoms with Gasteiger partial charge >= 0.3 is 11.9 Å². The summed E-state index contributed by atoms with van der Waals surface area (Å²) in [6.45, 7) is 5.08. The van der Waals surface area contributed by atoms with Crippen LogP contribution < -0.4 is 4.74 Å². The van der Waals surface area contributed by atoms with Gasteiger partial charge in [0.05, 0.1) is 39.0 Å². The molecule has 1 aromatic heterocycles. The third-order valence-corrected chi connectivity index (χ3v) is 9.12. The SMILES string of the molecule is C=CCOC(=O)C1(C(=O)OC)C(OCc2ccccc2)CCC2CN(CCc3c[nH]c4cccc(OC)c34)C(C#N)CC21. The molecule has 0 spiro atoms. The van der Waals surface area contributed by atoms with Crippen molar-refractivity contribution < 1.29 is 28.5 Å². The number of nitrogens with zero attached hydrogens (tertiary/aromatic N) is 2. The van der Waals surface area contributed by atoms with E-state index in [9.17, 15) is 14.9 Å². The highest BCUT2D eigenvalue weighted by Gasteiger charge is 2.65. The smallest absolute Gasteiger partial charge is 0.326 e. The van der Waals surface area contributed by atoms with Gasteiger partial charge in [0.25, 0.3) is 0 Å². The molecule has 1 aliphatic carbocycles. The first-order valence-electron chi connectivity index (χ1n) is 14.8. The van der Waals surface area contributed by atoms with Crippen LogP contribution in [0.4, 0.5) is 0 Å². The Morgan fingerprint density at radius 2 is 1.95 bits per heavy atom. The predicted molar refractivity (Wildman–Crippen MR) is 161 cm³/mol. The van der Waals surface area contributed by atoms with Crippen molar-refractivity contribution in [3.05, 3.63) is 78.5 Å². The van der Waals surface area contributed by atoms with Crippen LogP contribution in [0.2, 0.25) is 0 Å². The molecule has 226 valence electrons. The van der Waals surface area contributed by atoms with Gasteiger partial charge < -0.3 is 23.9 Å². The second-order valence-electron chi connectivity index (χ2n) is 11.3. The Hall–Kier alpha value is -4.13. The Balaban J connectivity index is 1.42. The molecule has 1 saturated heterocycles. The summed E-state index contributed by atoms with van der Waals surface area (Å²) in [5.41, 5.74) is 1.35. The van der Waals surface area contributed by atoms with E-state index >= 15 is 0 Å². The second kappa shape index (κ2) is 13.4. The number of carbonyl (C=O) groups excluding carboxylic acids is 2. The number of benzene rings is 2. The van der Waals surface area contributed by atoms with Gasteiger partial charge in [0.15, 0.2) is 5.41 Å². The van der Waals surface area contributed by atoms with Crippen molar-refractivity contribution in [1.29, 1.82) is 5.26 Å². The Kier molecular flexibility index (Phi) is 9.49. The van der Waals surface area contributed by atoms with Gasteiger partial charge in [-0.25, -0.2) is 0 Å². The maximum Gasteiger partial charge on any atom is 0.326 e. The van der Waals surface area contributed by atoms with Crippen LogP contribution in [0.3, 0.4) is 0 Å². The third kappa shape index (κ3) is 5.77. The number of nitriles is 1. The Bertz CT molecular complexity index is 1480. The fraction of sp³-hybridized carbons (Fsp3) is 0.441. The van der Waals surface area contributed by atoms with Gasteiger partial charge in [-0.1, -0.05) is 49.1 Å². The molecule has 43 heavy (non-hydrogen) atoms. The molecule has 9 heteroatoms. The van der Waals surface area contributed by atoms with Crippen molar-refractivity contribution in [2.75, 3.05) is 33.9 Å². The lowest BCUT2D eigenvalue weighted by atomic mass is 9.56. The molecule has 2 aromatic carbocycles. The highest BCUT2D eigenvalue weighted by molar-refractivity contribution is 6.01. The van der Waals surface area contributed by atoms with E-state index < -0.39 is 35.4 Å². The maximum absolute atomic E-state index is 13.9. The molecule has 1 N–H and O–H groups in total. The summed E-state index contributed by atoms with van der Waals surface area (Å²) in [4.78, 5) is 33.2. The van der Waals surface area contributed by atoms with Gasteiger partial charge in [0, 0.05) is 30.2 Å². The summed E-state index contributed by atoms with van der Waals surface area (Å²) in [5, 5.41) is 11.4. The molecule has 5 atom stereocenters. The van der Waals surface area contributed by atoms with Gasteiger partial charge in [0.2, 0.25) is 0 Å². The van der Waals surface area contributed by atoms with Crippen LogP contribution in [0.1, 0.15) is 30.4 Å². The van der Waals surface area contributed by atoms with Crippen LogP contribution in [0.15, 0.2) is 67.4 Å². The minimum absolute atomic E-state index is 0.0333. The van der Waals surface area contributed by atoms with Gasteiger partial charge in [-0.05, 0) is 60.8 Å². The molecule has 5 rings (SSSR count). The average molecular weight is 586 g/mol. The molecule has 5 unspecified atom stereocenters. The number of hydrogen-bond acceptors (Lipinski definition) is 8. The van der Waals surface area contributed by atoms with Crippen LogP contribution in [0.25, 0.3) is 10.9 Å². The summed E-state index contributed by atoms with van der Waals surface area (Å²) in [5.74, 6) is -1.07. The minimum atomic E-state index is -1.69. The summed E-state index contributed by atoms with van der Waals surface area (Å²) >= 11 is 0. The first-order chi connectivity index (χ1) is 21.0. The second-order valence-corrected chi connectivity index (χ2v) is 11.3. The van der Waals surface area contributed by atoms with Gasteiger partial charge in [-0.2, -0.15) is 5.26 Å². The highest BCUT2D eigenvalue weighted by Crippen LogP contribution is 2.52. The van der Waals surface area contributed by atoms with Crippen molar-refractivity contribution in [3.63, 3.8) is 0 Å². The van der Waals surface area contributed by atoms with Crippen molar-refractivity contribution in [2.24, 2.45) is 17.3 Å². The quantitative estimate of drug-likeness (QED) is 0.194. The lowest BCUT2D eigenvalue weighted by molar-refractivity contribution is -0.206. The highest BCUT2D eigenvalue weighted by atomic mass is 16.6. The molecule has 0 bridgehead atoms. The molecular weight excluding hydrogens is 546 g/mol. The van der Waals surface area contributed by atoms with Crippen molar-refractivity contribution in [1.82, 2.24) is 9.88 Å². The summed E-state index contributed by atoms with van der Waals surface area (Å²) in [6, 6.07) is 17.5. The van der Waals surface area contributed by atoms with Crippen LogP contribution in [-0.2, 0) is 36.8 Å². The zero-order valence-corrected chi connectivity index (χ0v) is 24.8. The molecule has 1 saturated carbocycles. The summed E-state index contributed by atoms with van der Waals surface area (Å²) in [6.07, 6.45) is 4.97.